The average molecular weight is 285 g/mol. The van der Waals surface area contributed by atoms with Crippen molar-refractivity contribution in [2.45, 2.75) is 105 Å². The molecule has 2 nitrogen and oxygen atoms in total. The molecule has 0 aliphatic heterocycles. The van der Waals surface area contributed by atoms with Gasteiger partial charge in [0.25, 0.3) is 0 Å². The molecule has 2 unspecified atom stereocenters. The molecule has 0 rings (SSSR count). The predicted octanol–water partition coefficient (Wildman–Crippen LogP) is 5.42. The zero-order valence-electron chi connectivity index (χ0n) is 14.8. The van der Waals surface area contributed by atoms with Crippen LogP contribution in [-0.4, -0.2) is 6.04 Å². The summed E-state index contributed by atoms with van der Waals surface area (Å²) < 4.78 is 0. The van der Waals surface area contributed by atoms with Crippen LogP contribution in [0, 0.1) is 11.3 Å². The average Bonchev–Trinajstić information content (AvgIpc) is 2.39. The standard InChI is InChI=1S/C18H40N2/c1-6-7-8-9-10-11-12-13-14-17(20-19)15-16(2)18(3,4)5/h16-17,20H,6-15,19H2,1-5H3. The van der Waals surface area contributed by atoms with Crippen LogP contribution in [-0.2, 0) is 0 Å². The lowest BCUT2D eigenvalue weighted by molar-refractivity contribution is 0.218. The Morgan fingerprint density at radius 2 is 1.40 bits per heavy atom. The zero-order valence-corrected chi connectivity index (χ0v) is 14.8. The van der Waals surface area contributed by atoms with Crippen LogP contribution in [0.1, 0.15) is 98.8 Å². The van der Waals surface area contributed by atoms with E-state index >= 15 is 0 Å². The zero-order chi connectivity index (χ0) is 15.4. The molecule has 0 aromatic carbocycles. The maximum absolute atomic E-state index is 5.71. The summed E-state index contributed by atoms with van der Waals surface area (Å²) in [6, 6.07) is 0.490. The summed E-state index contributed by atoms with van der Waals surface area (Å²) >= 11 is 0. The monoisotopic (exact) mass is 284 g/mol. The maximum Gasteiger partial charge on any atom is 0.0213 e. The van der Waals surface area contributed by atoms with E-state index in [1.165, 1.54) is 64.2 Å². The van der Waals surface area contributed by atoms with Crippen LogP contribution in [0.3, 0.4) is 0 Å². The van der Waals surface area contributed by atoms with Gasteiger partial charge in [0.15, 0.2) is 0 Å². The van der Waals surface area contributed by atoms with Crippen LogP contribution in [0.4, 0.5) is 0 Å². The Morgan fingerprint density at radius 1 is 0.900 bits per heavy atom. The minimum Gasteiger partial charge on any atom is -0.271 e. The SMILES string of the molecule is CCCCCCCCCCC(CC(C)C(C)(C)C)NN. The van der Waals surface area contributed by atoms with Gasteiger partial charge in [0, 0.05) is 6.04 Å². The van der Waals surface area contributed by atoms with Crippen LogP contribution in [0.15, 0.2) is 0 Å². The molecule has 0 heterocycles. The lowest BCUT2D eigenvalue weighted by atomic mass is 9.78. The van der Waals surface area contributed by atoms with Gasteiger partial charge in [0.2, 0.25) is 0 Å². The first-order chi connectivity index (χ1) is 9.41. The Morgan fingerprint density at radius 3 is 1.85 bits per heavy atom. The topological polar surface area (TPSA) is 38.0 Å². The van der Waals surface area contributed by atoms with E-state index in [1.807, 2.05) is 0 Å². The lowest BCUT2D eigenvalue weighted by Gasteiger charge is -2.30. The highest BCUT2D eigenvalue weighted by Gasteiger charge is 2.22. The molecule has 0 aromatic heterocycles. The van der Waals surface area contributed by atoms with E-state index in [2.05, 4.69) is 40.0 Å². The third-order valence-electron chi connectivity index (χ3n) is 4.76. The van der Waals surface area contributed by atoms with Gasteiger partial charge < -0.3 is 0 Å². The molecule has 0 bridgehead atoms. The first-order valence-corrected chi connectivity index (χ1v) is 8.88. The Balaban J connectivity index is 3.60. The Labute approximate surface area is 128 Å². The van der Waals surface area contributed by atoms with Crippen LogP contribution >= 0.6 is 0 Å². The molecule has 0 aromatic rings. The van der Waals surface area contributed by atoms with Crippen molar-refractivity contribution < 1.29 is 0 Å². The van der Waals surface area contributed by atoms with Gasteiger partial charge in [-0.3, -0.25) is 11.3 Å². The molecular formula is C18H40N2. The quantitative estimate of drug-likeness (QED) is 0.285. The number of rotatable bonds is 12. The highest BCUT2D eigenvalue weighted by atomic mass is 15.2. The molecule has 2 heteroatoms. The summed E-state index contributed by atoms with van der Waals surface area (Å²) in [6.07, 6.45) is 13.5. The predicted molar refractivity (Wildman–Crippen MR) is 91.6 cm³/mol. The molecular weight excluding hydrogens is 244 g/mol. The third-order valence-corrected chi connectivity index (χ3v) is 4.76. The van der Waals surface area contributed by atoms with Crippen LogP contribution in [0.5, 0.6) is 0 Å². The fraction of sp³-hybridized carbons (Fsp3) is 1.00. The van der Waals surface area contributed by atoms with Crippen molar-refractivity contribution in [2.75, 3.05) is 0 Å². The van der Waals surface area contributed by atoms with Gasteiger partial charge in [0.1, 0.15) is 0 Å². The van der Waals surface area contributed by atoms with Crippen molar-refractivity contribution in [2.24, 2.45) is 17.2 Å². The first kappa shape index (κ1) is 19.9. The highest BCUT2D eigenvalue weighted by Crippen LogP contribution is 2.29. The van der Waals surface area contributed by atoms with Crippen molar-refractivity contribution in [1.82, 2.24) is 5.43 Å². The summed E-state index contributed by atoms with van der Waals surface area (Å²) in [6.45, 7) is 11.6. The maximum atomic E-state index is 5.71. The van der Waals surface area contributed by atoms with Gasteiger partial charge >= 0.3 is 0 Å². The van der Waals surface area contributed by atoms with E-state index in [1.54, 1.807) is 0 Å². The molecule has 0 amide bonds. The van der Waals surface area contributed by atoms with E-state index in [0.717, 1.165) is 0 Å². The van der Waals surface area contributed by atoms with Crippen molar-refractivity contribution >= 4 is 0 Å². The third kappa shape index (κ3) is 10.7. The van der Waals surface area contributed by atoms with Crippen LogP contribution in [0.2, 0.25) is 0 Å². The van der Waals surface area contributed by atoms with Crippen molar-refractivity contribution in [3.05, 3.63) is 0 Å². The largest absolute Gasteiger partial charge is 0.271 e. The molecule has 2 atom stereocenters. The van der Waals surface area contributed by atoms with Gasteiger partial charge in [-0.1, -0.05) is 86.0 Å². The number of hydrazine groups is 1. The molecule has 122 valence electrons. The molecule has 0 spiro atoms. The molecule has 0 aliphatic rings. The number of hydrogen-bond donors (Lipinski definition) is 2. The molecule has 0 aliphatic carbocycles. The van der Waals surface area contributed by atoms with Gasteiger partial charge in [0.05, 0.1) is 0 Å². The Kier molecular flexibility index (Phi) is 11.5. The van der Waals surface area contributed by atoms with E-state index in [-0.39, 0.29) is 0 Å². The van der Waals surface area contributed by atoms with Crippen LogP contribution < -0.4 is 11.3 Å². The van der Waals surface area contributed by atoms with Gasteiger partial charge in [-0.15, -0.1) is 0 Å². The van der Waals surface area contributed by atoms with Crippen molar-refractivity contribution in [1.29, 1.82) is 0 Å². The molecule has 0 fully saturated rings. The lowest BCUT2D eigenvalue weighted by Crippen LogP contribution is -2.38. The second-order valence-corrected chi connectivity index (χ2v) is 7.63. The van der Waals surface area contributed by atoms with E-state index < -0.39 is 0 Å². The van der Waals surface area contributed by atoms with E-state index in [4.69, 9.17) is 5.84 Å². The number of hydrogen-bond acceptors (Lipinski definition) is 2. The number of nitrogens with two attached hydrogens (primary N) is 1. The molecule has 20 heavy (non-hydrogen) atoms. The fourth-order valence-electron chi connectivity index (χ4n) is 2.57. The minimum atomic E-state index is 0.383. The van der Waals surface area contributed by atoms with Crippen molar-refractivity contribution in [3.63, 3.8) is 0 Å². The smallest absolute Gasteiger partial charge is 0.0213 e. The normalized spacial score (nSPS) is 15.3. The Bertz CT molecular complexity index is 208. The molecule has 0 saturated carbocycles. The van der Waals surface area contributed by atoms with Gasteiger partial charge in [-0.05, 0) is 24.2 Å². The fourth-order valence-corrected chi connectivity index (χ4v) is 2.57. The number of nitrogens with one attached hydrogen (secondary N) is 1. The molecule has 3 N–H and O–H groups in total. The van der Waals surface area contributed by atoms with Crippen LogP contribution in [0.25, 0.3) is 0 Å². The molecule has 0 saturated heterocycles. The minimum absolute atomic E-state index is 0.383. The van der Waals surface area contributed by atoms with Gasteiger partial charge in [-0.25, -0.2) is 0 Å². The van der Waals surface area contributed by atoms with E-state index in [0.29, 0.717) is 17.4 Å². The second kappa shape index (κ2) is 11.6. The summed E-state index contributed by atoms with van der Waals surface area (Å²) in [5, 5.41) is 0. The Hall–Kier alpha value is -0.0800. The van der Waals surface area contributed by atoms with E-state index in [9.17, 15) is 0 Å². The highest BCUT2D eigenvalue weighted by molar-refractivity contribution is 4.76. The summed E-state index contributed by atoms with van der Waals surface area (Å²) in [5.74, 6) is 6.42. The second-order valence-electron chi connectivity index (χ2n) is 7.63. The summed E-state index contributed by atoms with van der Waals surface area (Å²) in [4.78, 5) is 0. The number of unbranched alkanes of at least 4 members (excludes halogenated alkanes) is 7. The first-order valence-electron chi connectivity index (χ1n) is 8.88. The van der Waals surface area contributed by atoms with Gasteiger partial charge in [-0.2, -0.15) is 0 Å². The summed E-state index contributed by atoms with van der Waals surface area (Å²) in [5.41, 5.74) is 3.41. The molecule has 0 radical (unpaired) electrons. The van der Waals surface area contributed by atoms with Crippen molar-refractivity contribution in [3.8, 4) is 0 Å². The summed E-state index contributed by atoms with van der Waals surface area (Å²) in [7, 11) is 0.